The lowest BCUT2D eigenvalue weighted by molar-refractivity contribution is 1.07. The van der Waals surface area contributed by atoms with Gasteiger partial charge < -0.3 is 0 Å². The molecule has 238 valence electrons. The molecule has 0 saturated carbocycles. The van der Waals surface area contributed by atoms with E-state index in [1.54, 1.807) is 0 Å². The van der Waals surface area contributed by atoms with Crippen LogP contribution < -0.4 is 0 Å². The second-order valence-corrected chi connectivity index (χ2v) is 13.7. The van der Waals surface area contributed by atoms with Crippen molar-refractivity contribution in [2.45, 2.75) is 0 Å². The molecule has 0 aliphatic rings. The largest absolute Gasteiger partial charge is 0.256 e. The highest BCUT2D eigenvalue weighted by Crippen LogP contribution is 2.44. The summed E-state index contributed by atoms with van der Waals surface area (Å²) in [6.45, 7) is 0. The molecule has 0 amide bonds. The van der Waals surface area contributed by atoms with Crippen molar-refractivity contribution in [2.24, 2.45) is 0 Å². The van der Waals surface area contributed by atoms with Gasteiger partial charge >= 0.3 is 0 Å². The summed E-state index contributed by atoms with van der Waals surface area (Å²) in [5.74, 6) is 1.95. The summed E-state index contributed by atoms with van der Waals surface area (Å²) in [6, 6.07) is 57.4. The monoisotopic (exact) mass is 668 g/mol. The molecule has 10 aromatic rings. The summed E-state index contributed by atoms with van der Waals surface area (Å²) in [5.41, 5.74) is 8.53. The number of hydrogen-bond acceptors (Lipinski definition) is 5. The Kier molecular flexibility index (Phi) is 6.96. The first-order valence-corrected chi connectivity index (χ1v) is 17.8. The topological polar surface area (TPSA) is 51.6 Å². The average molecular weight is 669 g/mol. The van der Waals surface area contributed by atoms with Gasteiger partial charge in [0.05, 0.1) is 5.52 Å². The first kappa shape index (κ1) is 29.4. The van der Waals surface area contributed by atoms with Crippen molar-refractivity contribution in [1.29, 1.82) is 0 Å². The Morgan fingerprint density at radius 3 is 1.59 bits per heavy atom. The van der Waals surface area contributed by atoms with Crippen LogP contribution in [0.4, 0.5) is 0 Å². The molecule has 0 aliphatic heterocycles. The van der Waals surface area contributed by atoms with Gasteiger partial charge in [0.15, 0.2) is 17.5 Å². The molecule has 0 spiro atoms. The van der Waals surface area contributed by atoms with Crippen LogP contribution in [0, 0.1) is 0 Å². The van der Waals surface area contributed by atoms with Crippen LogP contribution in [0.25, 0.3) is 98.3 Å². The van der Waals surface area contributed by atoms with Crippen molar-refractivity contribution in [3.63, 3.8) is 0 Å². The molecule has 7 aromatic carbocycles. The minimum absolute atomic E-state index is 0.644. The molecule has 4 nitrogen and oxygen atoms in total. The number of thiophene rings is 1. The van der Waals surface area contributed by atoms with Crippen LogP contribution in [0.3, 0.4) is 0 Å². The Bertz CT molecular complexity index is 2840. The number of pyridine rings is 1. The number of nitrogens with zero attached hydrogens (tertiary/aromatic N) is 4. The molecule has 0 saturated heterocycles. The number of rotatable bonds is 5. The highest BCUT2D eigenvalue weighted by atomic mass is 32.1. The lowest BCUT2D eigenvalue weighted by Gasteiger charge is -2.13. The molecule has 0 aliphatic carbocycles. The zero-order valence-corrected chi connectivity index (χ0v) is 28.2. The van der Waals surface area contributed by atoms with Crippen LogP contribution in [-0.4, -0.2) is 19.9 Å². The Hall–Kier alpha value is -6.56. The van der Waals surface area contributed by atoms with Gasteiger partial charge in [0, 0.05) is 54.0 Å². The Morgan fingerprint density at radius 2 is 0.902 bits per heavy atom. The number of benzene rings is 7. The maximum Gasteiger partial charge on any atom is 0.164 e. The third kappa shape index (κ3) is 5.14. The number of hydrogen-bond donors (Lipinski definition) is 0. The van der Waals surface area contributed by atoms with Crippen LogP contribution in [0.2, 0.25) is 0 Å². The van der Waals surface area contributed by atoms with E-state index in [-0.39, 0.29) is 0 Å². The maximum atomic E-state index is 4.96. The SMILES string of the molecule is c1ccc(-c2nc(-c3ccccc3)nc(-c3ccc(-c4cc(-c5cc6ncccc6c6ccccc56)cc5c4sc4ccccc45)cc3)n2)cc1. The summed E-state index contributed by atoms with van der Waals surface area (Å²) in [6.07, 6.45) is 1.88. The molecule has 5 heteroatoms. The van der Waals surface area contributed by atoms with Crippen molar-refractivity contribution >= 4 is 53.2 Å². The van der Waals surface area contributed by atoms with E-state index in [9.17, 15) is 0 Å². The normalized spacial score (nSPS) is 11.5. The molecule has 0 N–H and O–H groups in total. The summed E-state index contributed by atoms with van der Waals surface area (Å²) in [5, 5.41) is 6.12. The van der Waals surface area contributed by atoms with E-state index in [0.717, 1.165) is 27.8 Å². The molecule has 0 radical (unpaired) electrons. The second kappa shape index (κ2) is 12.1. The average Bonchev–Trinajstić information content (AvgIpc) is 3.59. The van der Waals surface area contributed by atoms with Gasteiger partial charge in [-0.3, -0.25) is 4.98 Å². The van der Waals surface area contributed by atoms with E-state index in [1.807, 2.05) is 84.3 Å². The molecular formula is C46H28N4S. The predicted octanol–water partition coefficient (Wildman–Crippen LogP) is 12.3. The number of aromatic nitrogens is 4. The summed E-state index contributed by atoms with van der Waals surface area (Å²) < 4.78 is 2.55. The van der Waals surface area contributed by atoms with Crippen LogP contribution in [0.1, 0.15) is 0 Å². The van der Waals surface area contributed by atoms with E-state index in [1.165, 1.54) is 53.0 Å². The molecule has 3 aromatic heterocycles. The lowest BCUT2D eigenvalue weighted by atomic mass is 9.91. The Morgan fingerprint density at radius 1 is 0.353 bits per heavy atom. The third-order valence-electron chi connectivity index (χ3n) is 9.57. The molecule has 10 rings (SSSR count). The van der Waals surface area contributed by atoms with Gasteiger partial charge in [-0.2, -0.15) is 0 Å². The van der Waals surface area contributed by atoms with Crippen molar-refractivity contribution in [3.8, 4) is 56.4 Å². The van der Waals surface area contributed by atoms with Crippen molar-refractivity contribution < 1.29 is 0 Å². The van der Waals surface area contributed by atoms with Gasteiger partial charge in [-0.25, -0.2) is 15.0 Å². The van der Waals surface area contributed by atoms with E-state index in [4.69, 9.17) is 19.9 Å². The van der Waals surface area contributed by atoms with Crippen LogP contribution in [0.5, 0.6) is 0 Å². The second-order valence-electron chi connectivity index (χ2n) is 12.7. The van der Waals surface area contributed by atoms with Gasteiger partial charge in [-0.1, -0.05) is 133 Å². The molecule has 51 heavy (non-hydrogen) atoms. The fourth-order valence-electron chi connectivity index (χ4n) is 7.10. The van der Waals surface area contributed by atoms with Gasteiger partial charge in [-0.05, 0) is 57.8 Å². The Labute approximate surface area is 298 Å². The molecule has 0 fully saturated rings. The quantitative estimate of drug-likeness (QED) is 0.171. The van der Waals surface area contributed by atoms with E-state index in [0.29, 0.717) is 17.5 Å². The molecular weight excluding hydrogens is 641 g/mol. The smallest absolute Gasteiger partial charge is 0.164 e. The van der Waals surface area contributed by atoms with Crippen molar-refractivity contribution in [1.82, 2.24) is 19.9 Å². The summed E-state index contributed by atoms with van der Waals surface area (Å²) >= 11 is 1.85. The summed E-state index contributed by atoms with van der Waals surface area (Å²) in [4.78, 5) is 19.6. The molecule has 0 atom stereocenters. The number of fused-ring (bicyclic) bond motifs is 6. The van der Waals surface area contributed by atoms with E-state index in [2.05, 4.69) is 97.1 Å². The van der Waals surface area contributed by atoms with Crippen LogP contribution in [-0.2, 0) is 0 Å². The zero-order chi connectivity index (χ0) is 33.7. The van der Waals surface area contributed by atoms with Crippen LogP contribution >= 0.6 is 11.3 Å². The fraction of sp³-hybridized carbons (Fsp3) is 0. The highest BCUT2D eigenvalue weighted by molar-refractivity contribution is 7.26. The maximum absolute atomic E-state index is 4.96. The lowest BCUT2D eigenvalue weighted by Crippen LogP contribution is -2.00. The Balaban J connectivity index is 1.15. The summed E-state index contributed by atoms with van der Waals surface area (Å²) in [7, 11) is 0. The standard InChI is InChI=1S/C46H28N4S/c1-3-12-30(13-4-1)44-48-45(31-14-5-2-6-15-31)50-46(49-44)32-23-21-29(22-24-32)39-26-33(27-40-37-18-9-10-20-42(37)51-43(39)40)38-28-41-36(19-11-25-47-41)34-16-7-8-17-35(34)38/h1-28H. The van der Waals surface area contributed by atoms with Gasteiger partial charge in [0.1, 0.15) is 0 Å². The van der Waals surface area contributed by atoms with Crippen LogP contribution in [0.15, 0.2) is 170 Å². The van der Waals surface area contributed by atoms with Crippen molar-refractivity contribution in [3.05, 3.63) is 170 Å². The van der Waals surface area contributed by atoms with Gasteiger partial charge in [-0.15, -0.1) is 11.3 Å². The van der Waals surface area contributed by atoms with Crippen molar-refractivity contribution in [2.75, 3.05) is 0 Å². The minimum Gasteiger partial charge on any atom is -0.256 e. The van der Waals surface area contributed by atoms with E-state index >= 15 is 0 Å². The van der Waals surface area contributed by atoms with Gasteiger partial charge in [0.2, 0.25) is 0 Å². The zero-order valence-electron chi connectivity index (χ0n) is 27.4. The fourth-order valence-corrected chi connectivity index (χ4v) is 8.32. The highest BCUT2D eigenvalue weighted by Gasteiger charge is 2.17. The predicted molar refractivity (Wildman–Crippen MR) is 213 cm³/mol. The van der Waals surface area contributed by atoms with Gasteiger partial charge in [0.25, 0.3) is 0 Å². The molecule has 0 unspecified atom stereocenters. The minimum atomic E-state index is 0.644. The first-order valence-electron chi connectivity index (χ1n) is 17.0. The molecule has 3 heterocycles. The molecule has 0 bridgehead atoms. The third-order valence-corrected chi connectivity index (χ3v) is 10.8. The first-order chi connectivity index (χ1) is 25.3. The van der Waals surface area contributed by atoms with E-state index < -0.39 is 0 Å².